The zero-order valence-corrected chi connectivity index (χ0v) is 9.24. The van der Waals surface area contributed by atoms with E-state index in [4.69, 9.17) is 9.47 Å². The van der Waals surface area contributed by atoms with Gasteiger partial charge in [-0.1, -0.05) is 12.5 Å². The summed E-state index contributed by atoms with van der Waals surface area (Å²) in [5.41, 5.74) is 0. The molecule has 0 N–H and O–H groups in total. The molecule has 0 amide bonds. The maximum atomic E-state index is 11.6. The van der Waals surface area contributed by atoms with Crippen LogP contribution in [0.5, 0.6) is 0 Å². The molecule has 86 valence electrons. The summed E-state index contributed by atoms with van der Waals surface area (Å²) in [5, 5.41) is 0. The number of Topliss-reactive ketones (excluding diaryl/α,β-unsaturated/α-hetero) is 1. The van der Waals surface area contributed by atoms with Crippen molar-refractivity contribution in [3.05, 3.63) is 12.7 Å². The van der Waals surface area contributed by atoms with Gasteiger partial charge in [0.25, 0.3) is 0 Å². The summed E-state index contributed by atoms with van der Waals surface area (Å²) < 4.78 is 10.5. The lowest BCUT2D eigenvalue weighted by Crippen LogP contribution is -2.35. The Kier molecular flexibility index (Phi) is 6.28. The van der Waals surface area contributed by atoms with E-state index in [-0.39, 0.29) is 11.9 Å². The lowest BCUT2D eigenvalue weighted by Gasteiger charge is -2.21. The summed E-state index contributed by atoms with van der Waals surface area (Å²) in [6.07, 6.45) is 6.43. The number of carbonyl (C=O) groups excluding carboxylic acids is 1. The van der Waals surface area contributed by atoms with E-state index in [2.05, 4.69) is 6.58 Å². The third kappa shape index (κ3) is 5.09. The van der Waals surface area contributed by atoms with Gasteiger partial charge in [0.2, 0.25) is 0 Å². The molecule has 0 aromatic heterocycles. The van der Waals surface area contributed by atoms with Gasteiger partial charge in [-0.2, -0.15) is 0 Å². The van der Waals surface area contributed by atoms with Gasteiger partial charge in [-0.3, -0.25) is 4.79 Å². The molecular weight excluding hydrogens is 192 g/mol. The molecule has 3 nitrogen and oxygen atoms in total. The minimum Gasteiger partial charge on any atom is -0.376 e. The summed E-state index contributed by atoms with van der Waals surface area (Å²) in [6.45, 7) is 5.26. The van der Waals surface area contributed by atoms with Gasteiger partial charge in [0.05, 0.1) is 19.8 Å². The van der Waals surface area contributed by atoms with Crippen LogP contribution in [0.1, 0.15) is 32.1 Å². The zero-order chi connectivity index (χ0) is 10.9. The minimum atomic E-state index is -0.307. The summed E-state index contributed by atoms with van der Waals surface area (Å²) >= 11 is 0. The van der Waals surface area contributed by atoms with Crippen LogP contribution in [0.4, 0.5) is 0 Å². The molecule has 1 atom stereocenters. The molecule has 1 rings (SSSR count). The van der Waals surface area contributed by atoms with E-state index in [1.807, 2.05) is 6.08 Å². The Hall–Kier alpha value is -0.670. The molecule has 1 fully saturated rings. The molecule has 0 aliphatic carbocycles. The molecule has 1 aliphatic heterocycles. The maximum absolute atomic E-state index is 11.6. The van der Waals surface area contributed by atoms with Crippen LogP contribution < -0.4 is 0 Å². The molecule has 0 radical (unpaired) electrons. The van der Waals surface area contributed by atoms with E-state index in [1.54, 1.807) is 0 Å². The number of hydrogen-bond donors (Lipinski definition) is 0. The van der Waals surface area contributed by atoms with E-state index in [0.717, 1.165) is 25.7 Å². The molecule has 1 heterocycles. The molecule has 1 saturated heterocycles. The highest BCUT2D eigenvalue weighted by atomic mass is 16.6. The highest BCUT2D eigenvalue weighted by Crippen LogP contribution is 2.09. The zero-order valence-electron chi connectivity index (χ0n) is 9.24. The van der Waals surface area contributed by atoms with Crippen LogP contribution in [-0.4, -0.2) is 31.7 Å². The molecule has 0 aromatic carbocycles. The van der Waals surface area contributed by atoms with Crippen molar-refractivity contribution in [3.63, 3.8) is 0 Å². The fourth-order valence-electron chi connectivity index (χ4n) is 1.60. The van der Waals surface area contributed by atoms with Crippen molar-refractivity contribution >= 4 is 5.78 Å². The van der Waals surface area contributed by atoms with Crippen LogP contribution >= 0.6 is 0 Å². The van der Waals surface area contributed by atoms with Crippen LogP contribution in [-0.2, 0) is 14.3 Å². The summed E-state index contributed by atoms with van der Waals surface area (Å²) in [6, 6.07) is 0. The van der Waals surface area contributed by atoms with Crippen LogP contribution in [0.15, 0.2) is 12.7 Å². The highest BCUT2D eigenvalue weighted by Gasteiger charge is 2.21. The van der Waals surface area contributed by atoms with Crippen LogP contribution in [0.3, 0.4) is 0 Å². The molecule has 0 aromatic rings. The second-order valence-electron chi connectivity index (χ2n) is 3.79. The first-order valence-corrected chi connectivity index (χ1v) is 5.67. The molecule has 0 spiro atoms. The number of unbranched alkanes of at least 4 members (excludes halogenated alkanes) is 3. The molecule has 1 aliphatic rings. The number of carbonyl (C=O) groups is 1. The topological polar surface area (TPSA) is 35.5 Å². The molecule has 15 heavy (non-hydrogen) atoms. The van der Waals surface area contributed by atoms with Gasteiger partial charge < -0.3 is 9.47 Å². The molecule has 1 unspecified atom stereocenters. The predicted molar refractivity (Wildman–Crippen MR) is 58.8 cm³/mol. The molecular formula is C12H20O3. The lowest BCUT2D eigenvalue weighted by atomic mass is 10.1. The number of ether oxygens (including phenoxy) is 2. The first-order chi connectivity index (χ1) is 7.34. The van der Waals surface area contributed by atoms with Gasteiger partial charge in [-0.05, 0) is 19.3 Å². The van der Waals surface area contributed by atoms with E-state index in [9.17, 15) is 4.79 Å². The molecule has 3 heteroatoms. The molecule has 0 saturated carbocycles. The van der Waals surface area contributed by atoms with Gasteiger partial charge in [0.15, 0.2) is 5.78 Å². The van der Waals surface area contributed by atoms with Crippen molar-refractivity contribution in [1.82, 2.24) is 0 Å². The Morgan fingerprint density at radius 2 is 2.20 bits per heavy atom. The number of allylic oxidation sites excluding steroid dienone is 1. The average molecular weight is 212 g/mol. The van der Waals surface area contributed by atoms with Gasteiger partial charge >= 0.3 is 0 Å². The van der Waals surface area contributed by atoms with Crippen molar-refractivity contribution in [2.75, 3.05) is 19.8 Å². The fourth-order valence-corrected chi connectivity index (χ4v) is 1.60. The predicted octanol–water partition coefficient (Wildman–Crippen LogP) is 2.11. The smallest absolute Gasteiger partial charge is 0.163 e. The summed E-state index contributed by atoms with van der Waals surface area (Å²) in [4.78, 5) is 11.6. The van der Waals surface area contributed by atoms with Crippen LogP contribution in [0.25, 0.3) is 0 Å². The van der Waals surface area contributed by atoms with Crippen LogP contribution in [0, 0.1) is 0 Å². The van der Waals surface area contributed by atoms with Gasteiger partial charge in [0, 0.05) is 6.42 Å². The van der Waals surface area contributed by atoms with Gasteiger partial charge in [-0.15, -0.1) is 6.58 Å². The number of ketones is 1. The highest BCUT2D eigenvalue weighted by molar-refractivity contribution is 5.83. The second-order valence-corrected chi connectivity index (χ2v) is 3.79. The summed E-state index contributed by atoms with van der Waals surface area (Å²) in [5.74, 6) is 0.188. The third-order valence-corrected chi connectivity index (χ3v) is 2.51. The van der Waals surface area contributed by atoms with E-state index in [1.165, 1.54) is 0 Å². The van der Waals surface area contributed by atoms with Crippen LogP contribution in [0.2, 0.25) is 0 Å². The monoisotopic (exact) mass is 212 g/mol. The van der Waals surface area contributed by atoms with Gasteiger partial charge in [-0.25, -0.2) is 0 Å². The van der Waals surface area contributed by atoms with Crippen molar-refractivity contribution < 1.29 is 14.3 Å². The van der Waals surface area contributed by atoms with E-state index >= 15 is 0 Å². The Morgan fingerprint density at radius 3 is 2.87 bits per heavy atom. The molecule has 0 bridgehead atoms. The van der Waals surface area contributed by atoms with Gasteiger partial charge in [0.1, 0.15) is 6.10 Å². The Labute approximate surface area is 91.4 Å². The fraction of sp³-hybridized carbons (Fsp3) is 0.750. The average Bonchev–Trinajstić information content (AvgIpc) is 2.30. The Bertz CT molecular complexity index is 195. The van der Waals surface area contributed by atoms with Crippen molar-refractivity contribution in [2.24, 2.45) is 0 Å². The quantitative estimate of drug-likeness (QED) is 0.479. The third-order valence-electron chi connectivity index (χ3n) is 2.51. The van der Waals surface area contributed by atoms with Crippen molar-refractivity contribution in [1.29, 1.82) is 0 Å². The SMILES string of the molecule is C=CCCCCCC(=O)C1COCCO1. The Morgan fingerprint density at radius 1 is 1.33 bits per heavy atom. The largest absolute Gasteiger partial charge is 0.376 e. The second kappa shape index (κ2) is 7.60. The van der Waals surface area contributed by atoms with Crippen molar-refractivity contribution in [3.8, 4) is 0 Å². The normalized spacial score (nSPS) is 21.2. The van der Waals surface area contributed by atoms with E-state index in [0.29, 0.717) is 26.2 Å². The lowest BCUT2D eigenvalue weighted by molar-refractivity contribution is -0.145. The Balaban J connectivity index is 2.04. The number of rotatable bonds is 7. The minimum absolute atomic E-state index is 0.188. The summed E-state index contributed by atoms with van der Waals surface area (Å²) in [7, 11) is 0. The first-order valence-electron chi connectivity index (χ1n) is 5.67. The van der Waals surface area contributed by atoms with Crippen molar-refractivity contribution in [2.45, 2.75) is 38.2 Å². The number of hydrogen-bond acceptors (Lipinski definition) is 3. The first kappa shape index (κ1) is 12.4. The van der Waals surface area contributed by atoms with E-state index < -0.39 is 0 Å². The maximum Gasteiger partial charge on any atom is 0.163 e. The standard InChI is InChI=1S/C12H20O3/c1-2-3-4-5-6-7-11(13)12-10-14-8-9-15-12/h2,12H,1,3-10H2.